The number of hydrogen-bond acceptors (Lipinski definition) is 4. The number of methoxy groups -OCH3 is 1. The first-order valence-corrected chi connectivity index (χ1v) is 11.1. The molecule has 9 heteroatoms. The van der Waals surface area contributed by atoms with Gasteiger partial charge in [-0.2, -0.15) is 0 Å². The highest BCUT2D eigenvalue weighted by Gasteiger charge is 2.11. The topological polar surface area (TPSA) is 91.8 Å². The van der Waals surface area contributed by atoms with E-state index in [-0.39, 0.29) is 35.4 Å². The summed E-state index contributed by atoms with van der Waals surface area (Å²) in [6.45, 7) is 5.99. The first-order chi connectivity index (χ1) is 14.0. The van der Waals surface area contributed by atoms with E-state index >= 15 is 0 Å². The van der Waals surface area contributed by atoms with E-state index in [9.17, 15) is 8.42 Å². The molecule has 0 fully saturated rings. The smallest absolute Gasteiger partial charge is 0.240 e. The summed E-state index contributed by atoms with van der Waals surface area (Å²) in [6.07, 6.45) is 0.821. The predicted octanol–water partition coefficient (Wildman–Crippen LogP) is 2.70. The second-order valence-corrected chi connectivity index (χ2v) is 8.22. The molecule has 30 heavy (non-hydrogen) atoms. The minimum atomic E-state index is -3.51. The quantitative estimate of drug-likeness (QED) is 0.185. The molecule has 2 aromatic rings. The third kappa shape index (κ3) is 8.49. The van der Waals surface area contributed by atoms with Gasteiger partial charge in [-0.05, 0) is 49.6 Å². The normalized spacial score (nSPS) is 11.5. The monoisotopic (exact) mass is 546 g/mol. The Balaban J connectivity index is 0.00000450. The first-order valence-electron chi connectivity index (χ1n) is 9.66. The minimum Gasteiger partial charge on any atom is -0.496 e. The fraction of sp³-hybridized carbons (Fsp3) is 0.381. The summed E-state index contributed by atoms with van der Waals surface area (Å²) in [5, 5.41) is 6.44. The lowest BCUT2D eigenvalue weighted by atomic mass is 10.1. The number of guanidine groups is 1. The van der Waals surface area contributed by atoms with Crippen molar-refractivity contribution in [3.8, 4) is 5.75 Å². The van der Waals surface area contributed by atoms with Gasteiger partial charge in [0.2, 0.25) is 10.0 Å². The molecule has 2 aromatic carbocycles. The van der Waals surface area contributed by atoms with Crippen molar-refractivity contribution in [3.05, 3.63) is 59.7 Å². The molecular weight excluding hydrogens is 515 g/mol. The van der Waals surface area contributed by atoms with E-state index in [1.807, 2.05) is 26.0 Å². The standard InChI is InChI=1S/C21H30N4O3S.HI/c1-4-22-21(23-13-12-18-11-10-17(2)20(16-18)28-3)24-14-15-25-29(26,27)19-8-6-5-7-9-19;/h5-11,16,25H,4,12-15H2,1-3H3,(H2,22,23,24);1H. The Labute approximate surface area is 196 Å². The van der Waals surface area contributed by atoms with Crippen LogP contribution in [0.1, 0.15) is 18.1 Å². The van der Waals surface area contributed by atoms with Gasteiger partial charge in [0.25, 0.3) is 0 Å². The van der Waals surface area contributed by atoms with Gasteiger partial charge in [0.05, 0.1) is 18.6 Å². The summed E-state index contributed by atoms with van der Waals surface area (Å²) in [5.74, 6) is 1.54. The molecule has 0 radical (unpaired) electrons. The van der Waals surface area contributed by atoms with E-state index in [2.05, 4.69) is 26.4 Å². The zero-order valence-electron chi connectivity index (χ0n) is 17.6. The summed E-state index contributed by atoms with van der Waals surface area (Å²) < 4.78 is 32.3. The van der Waals surface area contributed by atoms with Gasteiger partial charge in [0.1, 0.15) is 5.75 Å². The Morgan fingerprint density at radius 1 is 1.07 bits per heavy atom. The van der Waals surface area contributed by atoms with Gasteiger partial charge in [-0.1, -0.05) is 30.3 Å². The zero-order chi connectivity index (χ0) is 21.1. The van der Waals surface area contributed by atoms with Gasteiger partial charge in [-0.3, -0.25) is 4.99 Å². The number of rotatable bonds is 10. The molecule has 0 aliphatic carbocycles. The fourth-order valence-electron chi connectivity index (χ4n) is 2.72. The van der Waals surface area contributed by atoms with Crippen LogP contribution in [-0.4, -0.2) is 47.7 Å². The highest BCUT2D eigenvalue weighted by Crippen LogP contribution is 2.18. The molecule has 0 unspecified atom stereocenters. The Morgan fingerprint density at radius 3 is 2.47 bits per heavy atom. The van der Waals surface area contributed by atoms with E-state index in [0.717, 1.165) is 24.3 Å². The van der Waals surface area contributed by atoms with E-state index in [1.54, 1.807) is 37.4 Å². The van der Waals surface area contributed by atoms with Crippen LogP contribution in [0.4, 0.5) is 0 Å². The summed E-state index contributed by atoms with van der Waals surface area (Å²) in [7, 11) is -1.83. The van der Waals surface area contributed by atoms with Crippen molar-refractivity contribution >= 4 is 40.0 Å². The summed E-state index contributed by atoms with van der Waals surface area (Å²) >= 11 is 0. The number of benzene rings is 2. The summed E-state index contributed by atoms with van der Waals surface area (Å²) in [6, 6.07) is 14.5. The van der Waals surface area contributed by atoms with Crippen LogP contribution in [0.5, 0.6) is 5.75 Å². The van der Waals surface area contributed by atoms with Crippen molar-refractivity contribution < 1.29 is 13.2 Å². The van der Waals surface area contributed by atoms with E-state index in [0.29, 0.717) is 19.0 Å². The zero-order valence-corrected chi connectivity index (χ0v) is 20.8. The molecule has 0 bridgehead atoms. The van der Waals surface area contributed by atoms with Crippen molar-refractivity contribution in [2.45, 2.75) is 25.2 Å². The van der Waals surface area contributed by atoms with Crippen molar-refractivity contribution in [2.75, 3.05) is 33.3 Å². The maximum Gasteiger partial charge on any atom is 0.240 e. The summed E-state index contributed by atoms with van der Waals surface area (Å²) in [5.41, 5.74) is 2.28. The average molecular weight is 546 g/mol. The number of hydrogen-bond donors (Lipinski definition) is 3. The molecule has 0 aliphatic heterocycles. The van der Waals surface area contributed by atoms with Gasteiger partial charge in [-0.15, -0.1) is 24.0 Å². The Hall–Kier alpha value is -1.85. The molecule has 2 rings (SSSR count). The first kappa shape index (κ1) is 26.2. The van der Waals surface area contributed by atoms with Crippen LogP contribution in [-0.2, 0) is 16.4 Å². The molecule has 0 spiro atoms. The maximum atomic E-state index is 12.2. The Morgan fingerprint density at radius 2 is 1.80 bits per heavy atom. The lowest BCUT2D eigenvalue weighted by Crippen LogP contribution is -2.39. The molecule has 0 aliphatic rings. The number of aliphatic imine (C=N–C) groups is 1. The van der Waals surface area contributed by atoms with Gasteiger partial charge < -0.3 is 15.4 Å². The fourth-order valence-corrected chi connectivity index (χ4v) is 3.76. The predicted molar refractivity (Wildman–Crippen MR) is 132 cm³/mol. The van der Waals surface area contributed by atoms with E-state index < -0.39 is 10.0 Å². The lowest BCUT2D eigenvalue weighted by molar-refractivity contribution is 0.411. The van der Waals surface area contributed by atoms with Crippen LogP contribution >= 0.6 is 24.0 Å². The van der Waals surface area contributed by atoms with Crippen molar-refractivity contribution in [1.82, 2.24) is 15.4 Å². The van der Waals surface area contributed by atoms with Gasteiger partial charge >= 0.3 is 0 Å². The number of nitrogens with zero attached hydrogens (tertiary/aromatic N) is 1. The van der Waals surface area contributed by atoms with Crippen LogP contribution < -0.4 is 20.1 Å². The maximum absolute atomic E-state index is 12.2. The van der Waals surface area contributed by atoms with Crippen molar-refractivity contribution in [1.29, 1.82) is 0 Å². The highest BCUT2D eigenvalue weighted by atomic mass is 127. The molecule has 0 heterocycles. The Kier molecular flexibility index (Phi) is 11.7. The number of aryl methyl sites for hydroxylation is 1. The van der Waals surface area contributed by atoms with Gasteiger partial charge in [0, 0.05) is 19.6 Å². The molecule has 166 valence electrons. The molecule has 0 atom stereocenters. The number of sulfonamides is 1. The van der Waals surface area contributed by atoms with Crippen LogP contribution in [0.3, 0.4) is 0 Å². The largest absolute Gasteiger partial charge is 0.496 e. The third-order valence-corrected chi connectivity index (χ3v) is 5.73. The Bertz CT molecular complexity index is 906. The lowest BCUT2D eigenvalue weighted by Gasteiger charge is -2.12. The molecular formula is C21H31IN4O3S. The molecule has 3 N–H and O–H groups in total. The number of ether oxygens (including phenoxy) is 1. The second-order valence-electron chi connectivity index (χ2n) is 6.45. The van der Waals surface area contributed by atoms with Gasteiger partial charge in [0.15, 0.2) is 5.96 Å². The van der Waals surface area contributed by atoms with Gasteiger partial charge in [-0.25, -0.2) is 13.1 Å². The minimum absolute atomic E-state index is 0. The van der Waals surface area contributed by atoms with Crippen LogP contribution in [0.25, 0.3) is 0 Å². The van der Waals surface area contributed by atoms with E-state index in [4.69, 9.17) is 4.74 Å². The molecule has 0 aromatic heterocycles. The van der Waals surface area contributed by atoms with Crippen LogP contribution in [0.15, 0.2) is 58.4 Å². The number of nitrogens with one attached hydrogen (secondary N) is 3. The SMILES string of the molecule is CCNC(=NCCNS(=O)(=O)c1ccccc1)NCCc1ccc(C)c(OC)c1.I. The number of halogens is 1. The molecule has 0 saturated heterocycles. The van der Waals surface area contributed by atoms with Crippen molar-refractivity contribution in [2.24, 2.45) is 4.99 Å². The second kappa shape index (κ2) is 13.5. The van der Waals surface area contributed by atoms with Crippen LogP contribution in [0.2, 0.25) is 0 Å². The molecule has 7 nitrogen and oxygen atoms in total. The van der Waals surface area contributed by atoms with Crippen LogP contribution in [0, 0.1) is 6.92 Å². The molecule has 0 saturated carbocycles. The summed E-state index contributed by atoms with van der Waals surface area (Å²) in [4.78, 5) is 4.68. The average Bonchev–Trinajstić information content (AvgIpc) is 2.73. The third-order valence-electron chi connectivity index (χ3n) is 4.25. The molecule has 0 amide bonds. The highest BCUT2D eigenvalue weighted by molar-refractivity contribution is 14.0. The van der Waals surface area contributed by atoms with Crippen molar-refractivity contribution in [3.63, 3.8) is 0 Å². The van der Waals surface area contributed by atoms with E-state index in [1.165, 1.54) is 5.56 Å².